The van der Waals surface area contributed by atoms with Crippen LogP contribution in [0, 0.1) is 17.3 Å². The molecule has 29 heteroatoms. The highest BCUT2D eigenvalue weighted by molar-refractivity contribution is 5.73. The van der Waals surface area contributed by atoms with Gasteiger partial charge in [0.25, 0.3) is 0 Å². The van der Waals surface area contributed by atoms with E-state index in [-0.39, 0.29) is 30.0 Å². The van der Waals surface area contributed by atoms with Crippen LogP contribution in [0.4, 0.5) is 110 Å². The molecule has 0 fully saturated rings. The molecule has 0 amide bonds. The van der Waals surface area contributed by atoms with Crippen LogP contribution in [0.1, 0.15) is 65.9 Å². The highest BCUT2D eigenvalue weighted by Crippen LogP contribution is 2.64. The van der Waals surface area contributed by atoms with E-state index in [1.54, 1.807) is 0 Å². The second kappa shape index (κ2) is 17.6. The molecule has 0 bridgehead atoms. The number of benzene rings is 1. The summed E-state index contributed by atoms with van der Waals surface area (Å²) in [6.07, 6.45) is -31.2. The van der Waals surface area contributed by atoms with Gasteiger partial charge in [-0.1, -0.05) is 53.2 Å². The van der Waals surface area contributed by atoms with Crippen molar-refractivity contribution in [2.45, 2.75) is 139 Å². The van der Waals surface area contributed by atoms with Gasteiger partial charge in [0, 0.05) is 6.42 Å². The number of alkyl halides is 25. The average Bonchev–Trinajstić information content (AvgIpc) is 3.12. The average molecular weight is 969 g/mol. The van der Waals surface area contributed by atoms with Crippen LogP contribution in [-0.4, -0.2) is 84.5 Å². The van der Waals surface area contributed by atoms with Crippen molar-refractivity contribution in [3.05, 3.63) is 29.8 Å². The minimum atomic E-state index is -9.11. The van der Waals surface area contributed by atoms with E-state index in [2.05, 4.69) is 4.74 Å². The molecule has 0 radical (unpaired) electrons. The maximum atomic E-state index is 14.4. The molecule has 0 spiro atoms. The third-order valence-electron chi connectivity index (χ3n) is 9.96. The monoisotopic (exact) mass is 968 g/mol. The Hall–Kier alpha value is -3.30. The van der Waals surface area contributed by atoms with Crippen molar-refractivity contribution in [3.63, 3.8) is 0 Å². The van der Waals surface area contributed by atoms with Crippen molar-refractivity contribution in [1.82, 2.24) is 0 Å². The number of carbonyl (C=O) groups is 1. The van der Waals surface area contributed by atoms with Gasteiger partial charge in [0.15, 0.2) is 0 Å². The number of esters is 1. The summed E-state index contributed by atoms with van der Waals surface area (Å²) in [6, 6.07) is 1.71. The molecule has 4 nitrogen and oxygen atoms in total. The zero-order valence-electron chi connectivity index (χ0n) is 31.8. The molecular weight excluding hydrogens is 935 g/mol. The molecule has 0 aliphatic heterocycles. The molecule has 0 aliphatic carbocycles. The Morgan fingerprint density at radius 2 is 0.887 bits per heavy atom. The summed E-state index contributed by atoms with van der Waals surface area (Å²) in [6.45, 7) is 8.81. The van der Waals surface area contributed by atoms with Crippen LogP contribution in [0.2, 0.25) is 0 Å². The van der Waals surface area contributed by atoms with Crippen LogP contribution in [0.15, 0.2) is 24.3 Å². The summed E-state index contributed by atoms with van der Waals surface area (Å²) >= 11 is 0. The number of rotatable bonds is 23. The standard InChI is InChI=1S/C33H33F25O4/c1-6-16(4)15-19(21(5,7-2)8-3)20(59)60-14-13-17-9-11-18(12-10-17)61-31(53,54)27(44,45)24(38,39)25(40,41)29(48,49)33(57,58)62-32(55,56)28(46,47)23(36,37)22(34,35)26(42,43)30(50,51)52/h9-12,16,19H,6-8,13-15H2,1-5H3. The lowest BCUT2D eigenvalue weighted by atomic mass is 9.69. The Morgan fingerprint density at radius 3 is 1.23 bits per heavy atom. The number of carbonyl (C=O) groups excluding carboxylic acids is 1. The second-order valence-corrected chi connectivity index (χ2v) is 14.1. The fourth-order valence-electron chi connectivity index (χ4n) is 5.09. The summed E-state index contributed by atoms with van der Waals surface area (Å²) < 4.78 is 350. The van der Waals surface area contributed by atoms with Gasteiger partial charge >= 0.3 is 77.9 Å². The highest BCUT2D eigenvalue weighted by Gasteiger charge is 2.95. The Kier molecular flexibility index (Phi) is 16.1. The quantitative estimate of drug-likeness (QED) is 0.0810. The van der Waals surface area contributed by atoms with Crippen molar-refractivity contribution in [2.75, 3.05) is 6.61 Å². The summed E-state index contributed by atoms with van der Waals surface area (Å²) in [5.74, 6) is -73.8. The third kappa shape index (κ3) is 9.55. The van der Waals surface area contributed by atoms with Gasteiger partial charge in [-0.3, -0.25) is 4.79 Å². The predicted octanol–water partition coefficient (Wildman–Crippen LogP) is 13.5. The molecule has 2 unspecified atom stereocenters. The van der Waals surface area contributed by atoms with Crippen LogP contribution in [0.25, 0.3) is 0 Å². The van der Waals surface area contributed by atoms with Gasteiger partial charge in [0.1, 0.15) is 5.75 Å². The SMILES string of the molecule is CCC(C)CC(C(=O)OCCc1ccc(OC(F)(F)C(F)(F)C(F)(F)C(F)(F)C(F)(F)C(F)(F)OC(F)(F)C(F)(F)C(F)(F)C(F)(F)C(F)(F)C(F)(F)F)cc1)C(C)(CC)CC. The van der Waals surface area contributed by atoms with E-state index in [0.717, 1.165) is 4.74 Å². The first-order valence-electron chi connectivity index (χ1n) is 17.1. The first-order valence-corrected chi connectivity index (χ1v) is 17.1. The summed E-state index contributed by atoms with van der Waals surface area (Å²) in [4.78, 5) is 13.0. The molecule has 1 aromatic rings. The van der Waals surface area contributed by atoms with Crippen molar-refractivity contribution < 1.29 is 129 Å². The molecule has 0 aromatic heterocycles. The number of halogens is 25. The zero-order valence-corrected chi connectivity index (χ0v) is 31.8. The number of hydrogen-bond acceptors (Lipinski definition) is 4. The van der Waals surface area contributed by atoms with Crippen LogP contribution >= 0.6 is 0 Å². The van der Waals surface area contributed by atoms with Gasteiger partial charge in [-0.2, -0.15) is 110 Å². The Bertz CT molecular complexity index is 1650. The van der Waals surface area contributed by atoms with Crippen molar-refractivity contribution in [2.24, 2.45) is 17.3 Å². The highest BCUT2D eigenvalue weighted by atomic mass is 19.4. The normalized spacial score (nSPS) is 16.3. The molecule has 0 saturated heterocycles. The van der Waals surface area contributed by atoms with Crippen molar-refractivity contribution >= 4 is 5.97 Å². The van der Waals surface area contributed by atoms with E-state index >= 15 is 0 Å². The lowest BCUT2D eigenvalue weighted by Gasteiger charge is -2.42. The molecule has 62 heavy (non-hydrogen) atoms. The molecule has 2 atom stereocenters. The molecule has 0 aliphatic rings. The lowest BCUT2D eigenvalue weighted by Crippen LogP contribution is -2.74. The number of ether oxygens (including phenoxy) is 3. The molecule has 0 saturated carbocycles. The van der Waals surface area contributed by atoms with Gasteiger partial charge in [-0.15, -0.1) is 0 Å². The van der Waals surface area contributed by atoms with E-state index in [9.17, 15) is 115 Å². The van der Waals surface area contributed by atoms with Crippen LogP contribution < -0.4 is 4.74 Å². The fraction of sp³-hybridized carbons (Fsp3) is 0.788. The van der Waals surface area contributed by atoms with Gasteiger partial charge in [0.05, 0.1) is 12.5 Å². The van der Waals surface area contributed by atoms with E-state index in [1.807, 2.05) is 34.6 Å². The Labute approximate surface area is 333 Å². The van der Waals surface area contributed by atoms with Crippen molar-refractivity contribution in [1.29, 1.82) is 0 Å². The Morgan fingerprint density at radius 1 is 0.532 bits per heavy atom. The maximum absolute atomic E-state index is 14.4. The molecule has 0 N–H and O–H groups in total. The van der Waals surface area contributed by atoms with Gasteiger partial charge in [-0.25, -0.2) is 4.74 Å². The fourth-order valence-corrected chi connectivity index (χ4v) is 5.09. The van der Waals surface area contributed by atoms with E-state index < -0.39 is 102 Å². The minimum absolute atomic E-state index is 0.0379. The third-order valence-corrected chi connectivity index (χ3v) is 9.96. The van der Waals surface area contributed by atoms with Gasteiger partial charge in [-0.05, 0) is 48.3 Å². The summed E-state index contributed by atoms with van der Waals surface area (Å²) in [5.41, 5.74) is -0.549. The van der Waals surface area contributed by atoms with E-state index in [1.165, 1.54) is 0 Å². The second-order valence-electron chi connectivity index (χ2n) is 14.1. The maximum Gasteiger partial charge on any atom is 0.471 e. The Balaban J connectivity index is 3.40. The van der Waals surface area contributed by atoms with Crippen LogP contribution in [0.5, 0.6) is 5.75 Å². The molecular formula is C33H33F25O4. The minimum Gasteiger partial charge on any atom is -0.465 e. The first kappa shape index (κ1) is 56.7. The van der Waals surface area contributed by atoms with E-state index in [4.69, 9.17) is 4.74 Å². The number of hydrogen-bond donors (Lipinski definition) is 0. The van der Waals surface area contributed by atoms with Gasteiger partial charge in [0.2, 0.25) is 0 Å². The molecule has 364 valence electrons. The van der Waals surface area contributed by atoms with Gasteiger partial charge < -0.3 is 9.47 Å². The first-order chi connectivity index (χ1) is 27.2. The molecule has 1 rings (SSSR count). The summed E-state index contributed by atoms with van der Waals surface area (Å²) in [7, 11) is 0. The molecule has 1 aromatic carbocycles. The van der Waals surface area contributed by atoms with Crippen LogP contribution in [0.3, 0.4) is 0 Å². The van der Waals surface area contributed by atoms with Crippen molar-refractivity contribution in [3.8, 4) is 5.75 Å². The predicted molar refractivity (Wildman–Crippen MR) is 160 cm³/mol. The molecule has 0 heterocycles. The zero-order chi connectivity index (χ0) is 49.6. The van der Waals surface area contributed by atoms with Crippen LogP contribution in [-0.2, 0) is 20.7 Å². The topological polar surface area (TPSA) is 44.8 Å². The largest absolute Gasteiger partial charge is 0.471 e. The smallest absolute Gasteiger partial charge is 0.465 e. The van der Waals surface area contributed by atoms with E-state index in [0.29, 0.717) is 37.8 Å². The summed E-state index contributed by atoms with van der Waals surface area (Å²) in [5, 5.41) is 0. The lowest BCUT2D eigenvalue weighted by molar-refractivity contribution is -0.529.